The number of β-lactam (4-membered cyclic amide) rings is 1. The zero-order valence-corrected chi connectivity index (χ0v) is 19.8. The lowest BCUT2D eigenvalue weighted by atomic mass is 9.87. The average Bonchev–Trinajstić information content (AvgIpc) is 3.25. The Morgan fingerprint density at radius 1 is 1.31 bits per heavy atom. The highest BCUT2D eigenvalue weighted by Gasteiger charge is 2.64. The molecule has 3 atom stereocenters. The summed E-state index contributed by atoms with van der Waals surface area (Å²) in [5.41, 5.74) is 5.51. The molecule has 3 aliphatic rings. The fraction of sp³-hybridized carbons (Fsp3) is 0.650. The molecule has 32 heavy (non-hydrogen) atoms. The smallest absolute Gasteiger partial charge is 0.327 e. The SMILES string of the molecule is CC1(O/N=C(\C(=O)N[C@H]2C(=O)N3[C@@H]2SC(C)(C)[C@@H]3C(=O)O)c2csc(N)n2)CCCCC1. The van der Waals surface area contributed by atoms with Crippen molar-refractivity contribution in [2.45, 2.75) is 80.7 Å². The molecular formula is C20H27N5O5S2. The van der Waals surface area contributed by atoms with Crippen LogP contribution in [0.25, 0.3) is 0 Å². The monoisotopic (exact) mass is 481 g/mol. The number of nitrogens with zero attached hydrogens (tertiary/aromatic N) is 3. The van der Waals surface area contributed by atoms with Crippen LogP contribution in [0.2, 0.25) is 0 Å². The standard InChI is InChI=1S/C20H27N5O5S2/c1-19(2)13(17(28)29)25-15(27)12(16(25)32-19)23-14(26)11(10-9-31-18(21)22-10)24-30-20(3)7-5-4-6-8-20/h9,12-13,16H,4-8H2,1-3H3,(H2,21,22)(H,23,26)(H,28,29)/b24-11-/t12-,13-,16+/m0/s1. The number of aromatic nitrogens is 1. The van der Waals surface area contributed by atoms with Crippen LogP contribution in [0, 0.1) is 0 Å². The highest BCUT2D eigenvalue weighted by molar-refractivity contribution is 8.01. The molecule has 0 spiro atoms. The maximum atomic E-state index is 13.1. The second kappa shape index (κ2) is 8.22. The first-order valence-electron chi connectivity index (χ1n) is 10.5. The predicted molar refractivity (Wildman–Crippen MR) is 121 cm³/mol. The molecule has 3 fully saturated rings. The van der Waals surface area contributed by atoms with Crippen LogP contribution in [0.3, 0.4) is 0 Å². The van der Waals surface area contributed by atoms with Gasteiger partial charge in [-0.05, 0) is 46.5 Å². The van der Waals surface area contributed by atoms with E-state index in [0.29, 0.717) is 0 Å². The lowest BCUT2D eigenvalue weighted by molar-refractivity contribution is -0.160. The van der Waals surface area contributed by atoms with Crippen molar-refractivity contribution >= 4 is 51.7 Å². The molecule has 0 aromatic carbocycles. The number of carbonyl (C=O) groups excluding carboxylic acids is 2. The minimum absolute atomic E-state index is 0.0481. The normalized spacial score (nSPS) is 28.6. The Balaban J connectivity index is 1.53. The van der Waals surface area contributed by atoms with Gasteiger partial charge in [0.15, 0.2) is 10.8 Å². The molecule has 1 aliphatic carbocycles. The van der Waals surface area contributed by atoms with Crippen molar-refractivity contribution in [2.24, 2.45) is 5.16 Å². The highest BCUT2D eigenvalue weighted by atomic mass is 32.2. The fourth-order valence-corrected chi connectivity index (χ4v) is 6.68. The van der Waals surface area contributed by atoms with Gasteiger partial charge in [-0.2, -0.15) is 0 Å². The average molecular weight is 482 g/mol. The van der Waals surface area contributed by atoms with Crippen LogP contribution < -0.4 is 11.1 Å². The van der Waals surface area contributed by atoms with Gasteiger partial charge in [-0.15, -0.1) is 23.1 Å². The molecule has 0 radical (unpaired) electrons. The molecule has 4 N–H and O–H groups in total. The molecule has 174 valence electrons. The summed E-state index contributed by atoms with van der Waals surface area (Å²) >= 11 is 2.53. The molecule has 1 aromatic heterocycles. The Hall–Kier alpha value is -2.34. The van der Waals surface area contributed by atoms with E-state index in [1.54, 1.807) is 19.2 Å². The van der Waals surface area contributed by atoms with Crippen molar-refractivity contribution < 1.29 is 24.3 Å². The molecule has 0 bridgehead atoms. The number of nitrogens with one attached hydrogen (secondary N) is 1. The van der Waals surface area contributed by atoms with Gasteiger partial charge < -0.3 is 25.9 Å². The molecule has 4 rings (SSSR count). The number of nitrogens with two attached hydrogens (primary N) is 1. The van der Waals surface area contributed by atoms with Gasteiger partial charge in [0.2, 0.25) is 5.91 Å². The van der Waals surface area contributed by atoms with Crippen LogP contribution in [0.4, 0.5) is 5.13 Å². The number of thioether (sulfide) groups is 1. The number of nitrogen functional groups attached to an aromatic ring is 1. The number of amides is 2. The molecule has 0 unspecified atom stereocenters. The molecule has 2 aliphatic heterocycles. The van der Waals surface area contributed by atoms with Crippen molar-refractivity contribution in [1.29, 1.82) is 0 Å². The summed E-state index contributed by atoms with van der Waals surface area (Å²) in [6.07, 6.45) is 4.88. The second-order valence-electron chi connectivity index (χ2n) is 9.16. The number of aliphatic carboxylic acids is 1. The summed E-state index contributed by atoms with van der Waals surface area (Å²) in [5, 5.41) is 17.9. The fourth-order valence-electron chi connectivity index (χ4n) is 4.50. The molecular weight excluding hydrogens is 454 g/mol. The van der Waals surface area contributed by atoms with Gasteiger partial charge in [0.05, 0.1) is 0 Å². The number of hydrogen-bond donors (Lipinski definition) is 3. The topological polar surface area (TPSA) is 147 Å². The van der Waals surface area contributed by atoms with Crippen molar-refractivity contribution in [3.05, 3.63) is 11.1 Å². The minimum atomic E-state index is -1.06. The number of rotatable bonds is 6. The van der Waals surface area contributed by atoms with E-state index in [-0.39, 0.29) is 16.5 Å². The molecule has 1 aromatic rings. The number of oxime groups is 1. The first-order valence-corrected chi connectivity index (χ1v) is 12.3. The van der Waals surface area contributed by atoms with Crippen LogP contribution in [-0.2, 0) is 19.2 Å². The number of hydrogen-bond acceptors (Lipinski definition) is 9. The summed E-state index contributed by atoms with van der Waals surface area (Å²) in [7, 11) is 0. The lowest BCUT2D eigenvalue weighted by Gasteiger charge is -2.43. The Kier molecular flexibility index (Phi) is 5.86. The van der Waals surface area contributed by atoms with E-state index in [1.165, 1.54) is 28.0 Å². The zero-order valence-electron chi connectivity index (χ0n) is 18.2. The first-order chi connectivity index (χ1) is 15.0. The number of carbonyl (C=O) groups is 3. The lowest BCUT2D eigenvalue weighted by Crippen LogP contribution is -2.71. The summed E-state index contributed by atoms with van der Waals surface area (Å²) in [5.74, 6) is -2.09. The minimum Gasteiger partial charge on any atom is -0.480 e. The van der Waals surface area contributed by atoms with Crippen LogP contribution in [-0.4, -0.2) is 66.3 Å². The summed E-state index contributed by atoms with van der Waals surface area (Å²) in [6, 6.07) is -1.79. The van der Waals surface area contributed by atoms with Crippen molar-refractivity contribution in [3.63, 3.8) is 0 Å². The van der Waals surface area contributed by atoms with E-state index in [9.17, 15) is 19.5 Å². The Labute approximate surface area is 193 Å². The van der Waals surface area contributed by atoms with Crippen LogP contribution in [0.1, 0.15) is 58.6 Å². The van der Waals surface area contributed by atoms with Crippen LogP contribution in [0.5, 0.6) is 0 Å². The number of carboxylic acids is 1. The van der Waals surface area contributed by atoms with Gasteiger partial charge in [0, 0.05) is 10.1 Å². The molecule has 12 heteroatoms. The molecule has 2 amide bonds. The van der Waals surface area contributed by atoms with E-state index in [2.05, 4.69) is 15.5 Å². The number of fused-ring (bicyclic) bond motifs is 1. The van der Waals surface area contributed by atoms with Crippen molar-refractivity contribution in [1.82, 2.24) is 15.2 Å². The number of anilines is 1. The third kappa shape index (κ3) is 4.05. The van der Waals surface area contributed by atoms with Gasteiger partial charge in [-0.1, -0.05) is 11.6 Å². The number of carboxylic acid groups (broad SMARTS) is 1. The summed E-state index contributed by atoms with van der Waals surface area (Å²) in [4.78, 5) is 48.9. The molecule has 2 saturated heterocycles. The van der Waals surface area contributed by atoms with Crippen molar-refractivity contribution in [2.75, 3.05) is 5.73 Å². The Morgan fingerprint density at radius 2 is 2.00 bits per heavy atom. The maximum absolute atomic E-state index is 13.1. The van der Waals surface area contributed by atoms with Crippen LogP contribution >= 0.6 is 23.1 Å². The summed E-state index contributed by atoms with van der Waals surface area (Å²) < 4.78 is -0.676. The van der Waals surface area contributed by atoms with E-state index >= 15 is 0 Å². The first kappa shape index (κ1) is 22.8. The largest absolute Gasteiger partial charge is 0.480 e. The van der Waals surface area contributed by atoms with E-state index < -0.39 is 45.6 Å². The van der Waals surface area contributed by atoms with Gasteiger partial charge in [0.25, 0.3) is 5.91 Å². The quantitative estimate of drug-likeness (QED) is 0.317. The zero-order chi connectivity index (χ0) is 23.3. The Bertz CT molecular complexity index is 971. The number of thiazole rings is 1. The van der Waals surface area contributed by atoms with Gasteiger partial charge in [-0.3, -0.25) is 9.59 Å². The molecule has 10 nitrogen and oxygen atoms in total. The third-order valence-corrected chi connectivity index (χ3v) is 8.46. The summed E-state index contributed by atoms with van der Waals surface area (Å²) in [6.45, 7) is 5.53. The highest BCUT2D eigenvalue weighted by Crippen LogP contribution is 2.50. The van der Waals surface area contributed by atoms with Gasteiger partial charge >= 0.3 is 5.97 Å². The third-order valence-electron chi connectivity index (χ3n) is 6.21. The molecule has 1 saturated carbocycles. The van der Waals surface area contributed by atoms with Gasteiger partial charge in [-0.25, -0.2) is 9.78 Å². The second-order valence-corrected chi connectivity index (χ2v) is 11.8. The van der Waals surface area contributed by atoms with E-state index in [4.69, 9.17) is 10.6 Å². The van der Waals surface area contributed by atoms with E-state index in [1.807, 2.05) is 6.92 Å². The van der Waals surface area contributed by atoms with Crippen LogP contribution in [0.15, 0.2) is 10.5 Å². The Morgan fingerprint density at radius 3 is 2.59 bits per heavy atom. The predicted octanol–water partition coefficient (Wildman–Crippen LogP) is 1.80. The molecule has 3 heterocycles. The maximum Gasteiger partial charge on any atom is 0.327 e. The van der Waals surface area contributed by atoms with Gasteiger partial charge in [0.1, 0.15) is 28.8 Å². The van der Waals surface area contributed by atoms with E-state index in [0.717, 1.165) is 32.1 Å². The van der Waals surface area contributed by atoms with Crippen molar-refractivity contribution in [3.8, 4) is 0 Å².